The molecule has 0 amide bonds. The van der Waals surface area contributed by atoms with E-state index < -0.39 is 0 Å². The van der Waals surface area contributed by atoms with Crippen LogP contribution in [0.15, 0.2) is 35.4 Å². The summed E-state index contributed by atoms with van der Waals surface area (Å²) in [6.45, 7) is 2.30. The Morgan fingerprint density at radius 2 is 2.05 bits per heavy atom. The van der Waals surface area contributed by atoms with Crippen molar-refractivity contribution in [3.05, 3.63) is 41.0 Å². The third-order valence-corrected chi connectivity index (χ3v) is 4.54. The van der Waals surface area contributed by atoms with Gasteiger partial charge in [0.05, 0.1) is 7.11 Å². The summed E-state index contributed by atoms with van der Waals surface area (Å²) in [5.41, 5.74) is 4.90. The van der Waals surface area contributed by atoms with Gasteiger partial charge in [0, 0.05) is 6.54 Å². The average molecular weight is 257 g/mol. The quantitative estimate of drug-likeness (QED) is 0.839. The first-order chi connectivity index (χ1) is 9.36. The molecule has 0 radical (unpaired) electrons. The maximum atomic E-state index is 5.23. The van der Waals surface area contributed by atoms with Gasteiger partial charge >= 0.3 is 0 Å². The first kappa shape index (κ1) is 12.7. The van der Waals surface area contributed by atoms with Crippen LogP contribution in [0.5, 0.6) is 5.75 Å². The van der Waals surface area contributed by atoms with Crippen molar-refractivity contribution in [3.63, 3.8) is 0 Å². The van der Waals surface area contributed by atoms with Crippen LogP contribution in [0.4, 0.5) is 0 Å². The highest BCUT2D eigenvalue weighted by Crippen LogP contribution is 2.35. The van der Waals surface area contributed by atoms with E-state index in [4.69, 9.17) is 4.74 Å². The van der Waals surface area contributed by atoms with Crippen LogP contribution >= 0.6 is 0 Å². The van der Waals surface area contributed by atoms with E-state index in [0.29, 0.717) is 0 Å². The van der Waals surface area contributed by atoms with Gasteiger partial charge in [-0.25, -0.2) is 0 Å². The molecule has 1 N–H and O–H groups in total. The third-order valence-electron chi connectivity index (χ3n) is 4.54. The second-order valence-electron chi connectivity index (χ2n) is 5.70. The van der Waals surface area contributed by atoms with Crippen LogP contribution in [0.1, 0.15) is 31.2 Å². The molecular formula is C17H23NO. The molecule has 0 aromatic heterocycles. The molecule has 102 valence electrons. The zero-order valence-electron chi connectivity index (χ0n) is 11.7. The standard InChI is InChI=1S/C17H23NO/c1-19-16-7-5-13(6-8-16)11-15-4-2-3-14-9-10-18-12-17(14)15/h5-8,15,18H,2-4,9-12H2,1H3/t15-/m1/s1. The van der Waals surface area contributed by atoms with Crippen LogP contribution in [0, 0.1) is 5.92 Å². The fourth-order valence-corrected chi connectivity index (χ4v) is 3.47. The molecule has 0 saturated heterocycles. The molecule has 0 fully saturated rings. The van der Waals surface area contributed by atoms with Crippen molar-refractivity contribution in [1.82, 2.24) is 5.32 Å². The molecule has 1 aliphatic heterocycles. The SMILES string of the molecule is COc1ccc(C[C@H]2CCCC3=C2CNCC3)cc1. The van der Waals surface area contributed by atoms with Crippen LogP contribution in [0.3, 0.4) is 0 Å². The highest BCUT2D eigenvalue weighted by atomic mass is 16.5. The molecular weight excluding hydrogens is 234 g/mol. The van der Waals surface area contributed by atoms with Crippen LogP contribution in [-0.2, 0) is 6.42 Å². The monoisotopic (exact) mass is 257 g/mol. The number of rotatable bonds is 3. The summed E-state index contributed by atoms with van der Waals surface area (Å²) in [5.74, 6) is 1.71. The minimum Gasteiger partial charge on any atom is -0.497 e. The second kappa shape index (κ2) is 5.79. The molecule has 2 heteroatoms. The summed E-state index contributed by atoms with van der Waals surface area (Å²) in [4.78, 5) is 0. The highest BCUT2D eigenvalue weighted by molar-refractivity contribution is 5.30. The average Bonchev–Trinajstić information content (AvgIpc) is 2.48. The Hall–Kier alpha value is -1.28. The molecule has 1 aliphatic carbocycles. The van der Waals surface area contributed by atoms with Crippen molar-refractivity contribution >= 4 is 0 Å². The number of methoxy groups -OCH3 is 1. The smallest absolute Gasteiger partial charge is 0.118 e. The summed E-state index contributed by atoms with van der Waals surface area (Å²) in [7, 11) is 1.72. The van der Waals surface area contributed by atoms with E-state index in [0.717, 1.165) is 18.2 Å². The second-order valence-corrected chi connectivity index (χ2v) is 5.70. The van der Waals surface area contributed by atoms with Gasteiger partial charge in [-0.15, -0.1) is 0 Å². The predicted octanol–water partition coefficient (Wildman–Crippen LogP) is 3.33. The summed E-state index contributed by atoms with van der Waals surface area (Å²) < 4.78 is 5.23. The Morgan fingerprint density at radius 3 is 2.84 bits per heavy atom. The number of hydrogen-bond acceptors (Lipinski definition) is 2. The number of hydrogen-bond donors (Lipinski definition) is 1. The molecule has 0 unspecified atom stereocenters. The van der Waals surface area contributed by atoms with Crippen LogP contribution in [-0.4, -0.2) is 20.2 Å². The van der Waals surface area contributed by atoms with Gasteiger partial charge in [-0.2, -0.15) is 0 Å². The fraction of sp³-hybridized carbons (Fsp3) is 0.529. The van der Waals surface area contributed by atoms with E-state index in [1.54, 1.807) is 18.3 Å². The topological polar surface area (TPSA) is 21.3 Å². The lowest BCUT2D eigenvalue weighted by molar-refractivity contribution is 0.414. The molecule has 19 heavy (non-hydrogen) atoms. The molecule has 2 nitrogen and oxygen atoms in total. The van der Waals surface area contributed by atoms with Gasteiger partial charge in [0.1, 0.15) is 5.75 Å². The summed E-state index contributed by atoms with van der Waals surface area (Å²) in [6.07, 6.45) is 6.53. The highest BCUT2D eigenvalue weighted by Gasteiger charge is 2.24. The normalized spacial score (nSPS) is 23.1. The van der Waals surface area contributed by atoms with Gasteiger partial charge in [0.15, 0.2) is 0 Å². The third kappa shape index (κ3) is 2.84. The van der Waals surface area contributed by atoms with Gasteiger partial charge in [0.25, 0.3) is 0 Å². The Kier molecular flexibility index (Phi) is 3.88. The van der Waals surface area contributed by atoms with E-state index in [9.17, 15) is 0 Å². The molecule has 3 rings (SSSR count). The lowest BCUT2D eigenvalue weighted by atomic mass is 9.77. The summed E-state index contributed by atoms with van der Waals surface area (Å²) in [5, 5.41) is 3.54. The zero-order chi connectivity index (χ0) is 13.1. The molecule has 1 heterocycles. The number of benzene rings is 1. The first-order valence-corrected chi connectivity index (χ1v) is 7.41. The number of nitrogens with one attached hydrogen (secondary N) is 1. The van der Waals surface area contributed by atoms with Crippen molar-refractivity contribution in [2.75, 3.05) is 20.2 Å². The van der Waals surface area contributed by atoms with Crippen LogP contribution in [0.2, 0.25) is 0 Å². The molecule has 1 atom stereocenters. The van der Waals surface area contributed by atoms with Crippen molar-refractivity contribution in [2.45, 2.75) is 32.1 Å². The Labute approximate surface area is 115 Å². The minimum absolute atomic E-state index is 0.755. The molecule has 0 bridgehead atoms. The van der Waals surface area contributed by atoms with E-state index >= 15 is 0 Å². The van der Waals surface area contributed by atoms with Crippen LogP contribution < -0.4 is 10.1 Å². The van der Waals surface area contributed by atoms with Gasteiger partial charge in [0.2, 0.25) is 0 Å². The molecule has 0 spiro atoms. The van der Waals surface area contributed by atoms with Crippen molar-refractivity contribution < 1.29 is 4.74 Å². The summed E-state index contributed by atoms with van der Waals surface area (Å²) >= 11 is 0. The summed E-state index contributed by atoms with van der Waals surface area (Å²) in [6, 6.07) is 8.58. The number of ether oxygens (including phenoxy) is 1. The van der Waals surface area contributed by atoms with E-state index in [-0.39, 0.29) is 0 Å². The molecule has 2 aliphatic rings. The molecule has 1 aromatic carbocycles. The van der Waals surface area contributed by atoms with Crippen molar-refractivity contribution in [2.24, 2.45) is 5.92 Å². The maximum Gasteiger partial charge on any atom is 0.118 e. The van der Waals surface area contributed by atoms with Gasteiger partial charge in [-0.1, -0.05) is 23.3 Å². The lowest BCUT2D eigenvalue weighted by Crippen LogP contribution is -2.31. The van der Waals surface area contributed by atoms with E-state index in [1.165, 1.54) is 44.2 Å². The Morgan fingerprint density at radius 1 is 1.21 bits per heavy atom. The largest absolute Gasteiger partial charge is 0.497 e. The minimum atomic E-state index is 0.755. The van der Waals surface area contributed by atoms with Crippen molar-refractivity contribution in [3.8, 4) is 5.75 Å². The molecule has 1 aromatic rings. The van der Waals surface area contributed by atoms with E-state index in [2.05, 4.69) is 29.6 Å². The van der Waals surface area contributed by atoms with Crippen molar-refractivity contribution in [1.29, 1.82) is 0 Å². The maximum absolute atomic E-state index is 5.23. The predicted molar refractivity (Wildman–Crippen MR) is 78.6 cm³/mol. The lowest BCUT2D eigenvalue weighted by Gasteiger charge is -2.32. The van der Waals surface area contributed by atoms with Crippen LogP contribution in [0.25, 0.3) is 0 Å². The first-order valence-electron chi connectivity index (χ1n) is 7.41. The van der Waals surface area contributed by atoms with Gasteiger partial charge < -0.3 is 10.1 Å². The Balaban J connectivity index is 1.74. The van der Waals surface area contributed by atoms with Gasteiger partial charge in [-0.05, 0) is 62.3 Å². The molecule has 0 saturated carbocycles. The fourth-order valence-electron chi connectivity index (χ4n) is 3.47. The van der Waals surface area contributed by atoms with E-state index in [1.807, 2.05) is 0 Å². The van der Waals surface area contributed by atoms with Gasteiger partial charge in [-0.3, -0.25) is 0 Å². The zero-order valence-corrected chi connectivity index (χ0v) is 11.7. The Bertz CT molecular complexity index is 457.